The summed E-state index contributed by atoms with van der Waals surface area (Å²) in [5, 5.41) is 7.88. The van der Waals surface area contributed by atoms with Crippen molar-refractivity contribution >= 4 is 46.5 Å². The topological polar surface area (TPSA) is 105 Å². The molecule has 0 aliphatic rings. The van der Waals surface area contributed by atoms with Crippen LogP contribution in [-0.2, 0) is 4.74 Å². The minimum Gasteiger partial charge on any atom is -0.444 e. The van der Waals surface area contributed by atoms with Crippen LogP contribution in [0, 0.1) is 5.82 Å². The molecule has 0 spiro atoms. The van der Waals surface area contributed by atoms with Crippen molar-refractivity contribution < 1.29 is 18.7 Å². The van der Waals surface area contributed by atoms with Gasteiger partial charge in [-0.1, -0.05) is 18.2 Å². The van der Waals surface area contributed by atoms with Gasteiger partial charge in [0.05, 0.1) is 11.9 Å². The van der Waals surface area contributed by atoms with E-state index in [1.807, 2.05) is 0 Å². The van der Waals surface area contributed by atoms with Gasteiger partial charge in [0.2, 0.25) is 5.28 Å². The highest BCUT2D eigenvalue weighted by molar-refractivity contribution is 6.28. The normalized spacial score (nSPS) is 10.9. The van der Waals surface area contributed by atoms with Crippen LogP contribution in [0.25, 0.3) is 0 Å². The summed E-state index contributed by atoms with van der Waals surface area (Å²) in [6, 6.07) is 12.4. The third kappa shape index (κ3) is 6.39. The smallest absolute Gasteiger partial charge is 0.412 e. The maximum atomic E-state index is 14.5. The van der Waals surface area contributed by atoms with Crippen molar-refractivity contribution in [1.82, 2.24) is 9.97 Å². The largest absolute Gasteiger partial charge is 0.444 e. The Morgan fingerprint density at radius 2 is 1.75 bits per heavy atom. The van der Waals surface area contributed by atoms with E-state index < -0.39 is 23.4 Å². The summed E-state index contributed by atoms with van der Waals surface area (Å²) in [5.74, 6) is -0.946. The minimum atomic E-state index is -0.686. The van der Waals surface area contributed by atoms with Crippen LogP contribution in [0.4, 0.5) is 32.1 Å². The molecule has 8 nitrogen and oxygen atoms in total. The summed E-state index contributed by atoms with van der Waals surface area (Å²) in [4.78, 5) is 32.4. The van der Waals surface area contributed by atoms with Crippen LogP contribution >= 0.6 is 11.6 Å². The average molecular weight is 458 g/mol. The molecule has 1 aromatic heterocycles. The Morgan fingerprint density at radius 3 is 2.44 bits per heavy atom. The van der Waals surface area contributed by atoms with E-state index in [1.54, 1.807) is 51.1 Å². The highest BCUT2D eigenvalue weighted by Gasteiger charge is 2.18. The van der Waals surface area contributed by atoms with Crippen molar-refractivity contribution in [1.29, 1.82) is 0 Å². The zero-order chi connectivity index (χ0) is 23.3. The maximum absolute atomic E-state index is 14.5. The summed E-state index contributed by atoms with van der Waals surface area (Å²) in [6.45, 7) is 5.19. The fourth-order valence-corrected chi connectivity index (χ4v) is 2.71. The van der Waals surface area contributed by atoms with Crippen molar-refractivity contribution in [3.63, 3.8) is 0 Å². The third-order valence-electron chi connectivity index (χ3n) is 3.91. The highest BCUT2D eigenvalue weighted by Crippen LogP contribution is 2.28. The minimum absolute atomic E-state index is 0.0106. The summed E-state index contributed by atoms with van der Waals surface area (Å²) in [6.07, 6.45) is 0.620. The van der Waals surface area contributed by atoms with Crippen LogP contribution < -0.4 is 16.0 Å². The molecule has 0 radical (unpaired) electrons. The average Bonchev–Trinajstić information content (AvgIpc) is 2.71. The molecule has 0 saturated carbocycles. The number of amides is 2. The highest BCUT2D eigenvalue weighted by atomic mass is 35.5. The number of nitrogens with zero attached hydrogens (tertiary/aromatic N) is 2. The number of nitrogens with one attached hydrogen (secondary N) is 3. The number of ether oxygens (including phenoxy) is 1. The van der Waals surface area contributed by atoms with Crippen molar-refractivity contribution in [2.45, 2.75) is 26.4 Å². The van der Waals surface area contributed by atoms with Gasteiger partial charge in [-0.05, 0) is 62.7 Å². The lowest BCUT2D eigenvalue weighted by Crippen LogP contribution is -2.27. The molecule has 2 amide bonds. The zero-order valence-corrected chi connectivity index (χ0v) is 18.3. The first-order valence-corrected chi connectivity index (χ1v) is 9.94. The van der Waals surface area contributed by atoms with Gasteiger partial charge in [0, 0.05) is 11.3 Å². The molecular formula is C22H21ClFN5O3. The fraction of sp³-hybridized carbons (Fsp3) is 0.182. The van der Waals surface area contributed by atoms with E-state index in [2.05, 4.69) is 25.9 Å². The van der Waals surface area contributed by atoms with E-state index in [0.717, 1.165) is 0 Å². The summed E-state index contributed by atoms with van der Waals surface area (Å²) in [7, 11) is 0. The lowest BCUT2D eigenvalue weighted by Gasteiger charge is -2.20. The van der Waals surface area contributed by atoms with Crippen LogP contribution in [0.5, 0.6) is 0 Å². The molecule has 166 valence electrons. The van der Waals surface area contributed by atoms with Crippen LogP contribution in [0.3, 0.4) is 0 Å². The van der Waals surface area contributed by atoms with Gasteiger partial charge in [0.1, 0.15) is 17.1 Å². The standard InChI is InChI=1S/C22H21ClFN5O3/c1-22(2,3)32-21(31)26-14-9-10-15(24)16(11-14)27-18-17(12-25-20(23)29-18)28-19(30)13-7-5-4-6-8-13/h4-12H,1-3H3,(H,26,31)(H,28,30)(H,25,27,29). The van der Waals surface area contributed by atoms with Crippen molar-refractivity contribution in [2.24, 2.45) is 0 Å². The summed E-state index contributed by atoms with van der Waals surface area (Å²) >= 11 is 5.90. The van der Waals surface area contributed by atoms with Gasteiger partial charge in [0.15, 0.2) is 5.82 Å². The Hall–Kier alpha value is -3.72. The summed E-state index contributed by atoms with van der Waals surface area (Å²) < 4.78 is 19.7. The van der Waals surface area contributed by atoms with Gasteiger partial charge in [-0.25, -0.2) is 14.2 Å². The van der Waals surface area contributed by atoms with Crippen LogP contribution in [-0.4, -0.2) is 27.6 Å². The second-order valence-electron chi connectivity index (χ2n) is 7.67. The van der Waals surface area contributed by atoms with E-state index in [9.17, 15) is 14.0 Å². The Balaban J connectivity index is 1.83. The maximum Gasteiger partial charge on any atom is 0.412 e. The van der Waals surface area contributed by atoms with E-state index in [0.29, 0.717) is 5.56 Å². The molecule has 0 fully saturated rings. The van der Waals surface area contributed by atoms with Gasteiger partial charge in [0.25, 0.3) is 5.91 Å². The Morgan fingerprint density at radius 1 is 1.03 bits per heavy atom. The third-order valence-corrected chi connectivity index (χ3v) is 4.09. The number of aromatic nitrogens is 2. The Bertz CT molecular complexity index is 1140. The first kappa shape index (κ1) is 23.0. The predicted molar refractivity (Wildman–Crippen MR) is 121 cm³/mol. The molecule has 2 aromatic carbocycles. The second-order valence-corrected chi connectivity index (χ2v) is 8.01. The molecule has 0 atom stereocenters. The SMILES string of the molecule is CC(C)(C)OC(=O)Nc1ccc(F)c(Nc2nc(Cl)ncc2NC(=O)c2ccccc2)c1. The van der Waals surface area contributed by atoms with E-state index >= 15 is 0 Å². The zero-order valence-electron chi connectivity index (χ0n) is 17.6. The molecule has 0 unspecified atom stereocenters. The Kier molecular flexibility index (Phi) is 6.89. The van der Waals surface area contributed by atoms with Crippen LogP contribution in [0.2, 0.25) is 5.28 Å². The number of anilines is 4. The van der Waals surface area contributed by atoms with Crippen molar-refractivity contribution in [3.8, 4) is 0 Å². The molecule has 3 N–H and O–H groups in total. The molecule has 10 heteroatoms. The van der Waals surface area contributed by atoms with E-state index in [-0.39, 0.29) is 28.2 Å². The molecule has 0 aliphatic heterocycles. The number of hydrogen-bond acceptors (Lipinski definition) is 6. The molecule has 1 heterocycles. The van der Waals surface area contributed by atoms with E-state index in [4.69, 9.17) is 16.3 Å². The van der Waals surface area contributed by atoms with Crippen molar-refractivity contribution in [2.75, 3.05) is 16.0 Å². The number of benzene rings is 2. The van der Waals surface area contributed by atoms with Gasteiger partial charge in [-0.15, -0.1) is 0 Å². The van der Waals surface area contributed by atoms with Crippen LogP contribution in [0.15, 0.2) is 54.7 Å². The number of carbonyl (C=O) groups excluding carboxylic acids is 2. The Labute approximate surface area is 189 Å². The van der Waals surface area contributed by atoms with Crippen molar-refractivity contribution in [3.05, 3.63) is 71.4 Å². The van der Waals surface area contributed by atoms with Gasteiger partial charge < -0.3 is 15.4 Å². The second kappa shape index (κ2) is 9.61. The quantitative estimate of drug-likeness (QED) is 0.430. The first-order valence-electron chi connectivity index (χ1n) is 9.56. The number of hydrogen-bond donors (Lipinski definition) is 3. The van der Waals surface area contributed by atoms with Gasteiger partial charge >= 0.3 is 6.09 Å². The number of rotatable bonds is 5. The predicted octanol–water partition coefficient (Wildman–Crippen LogP) is 5.61. The summed E-state index contributed by atoms with van der Waals surface area (Å²) in [5.41, 5.74) is 0.201. The van der Waals surface area contributed by atoms with Gasteiger partial charge in [-0.3, -0.25) is 10.1 Å². The molecule has 3 aromatic rings. The lowest BCUT2D eigenvalue weighted by atomic mass is 10.2. The molecule has 0 bridgehead atoms. The fourth-order valence-electron chi connectivity index (χ4n) is 2.58. The van der Waals surface area contributed by atoms with Gasteiger partial charge in [-0.2, -0.15) is 4.98 Å². The molecule has 0 saturated heterocycles. The molecule has 32 heavy (non-hydrogen) atoms. The molecule has 0 aliphatic carbocycles. The van der Waals surface area contributed by atoms with Crippen LogP contribution in [0.1, 0.15) is 31.1 Å². The molecular weight excluding hydrogens is 437 g/mol. The first-order chi connectivity index (χ1) is 15.1. The lowest BCUT2D eigenvalue weighted by molar-refractivity contribution is 0.0635. The van der Waals surface area contributed by atoms with E-state index in [1.165, 1.54) is 24.4 Å². The molecule has 3 rings (SSSR count). The number of carbonyl (C=O) groups is 2. The monoisotopic (exact) mass is 457 g/mol. The number of halogens is 2.